The van der Waals surface area contributed by atoms with Crippen LogP contribution in [0.1, 0.15) is 18.4 Å². The SMILES string of the molecule is COc1ccc2c(c1)N1CCN(CC(=O)N3CCOCC3)C[C@@H]1[C@@H](C(=O)NCC1CC1)C2. The zero-order chi connectivity index (χ0) is 22.1. The van der Waals surface area contributed by atoms with E-state index < -0.39 is 0 Å². The van der Waals surface area contributed by atoms with E-state index in [2.05, 4.69) is 27.2 Å². The number of anilines is 1. The van der Waals surface area contributed by atoms with Gasteiger partial charge in [0.15, 0.2) is 0 Å². The molecule has 4 aliphatic rings. The first kappa shape index (κ1) is 21.5. The van der Waals surface area contributed by atoms with Crippen LogP contribution in [0.2, 0.25) is 0 Å². The number of carbonyl (C=O) groups is 2. The first-order valence-electron chi connectivity index (χ1n) is 11.9. The fourth-order valence-electron chi connectivity index (χ4n) is 5.21. The maximum atomic E-state index is 13.2. The fourth-order valence-corrected chi connectivity index (χ4v) is 5.21. The molecule has 1 aromatic rings. The Kier molecular flexibility index (Phi) is 6.24. The zero-order valence-electron chi connectivity index (χ0n) is 18.9. The second-order valence-corrected chi connectivity index (χ2v) is 9.48. The van der Waals surface area contributed by atoms with Crippen molar-refractivity contribution in [1.29, 1.82) is 0 Å². The van der Waals surface area contributed by atoms with Crippen LogP contribution in [0.4, 0.5) is 5.69 Å². The highest BCUT2D eigenvalue weighted by Gasteiger charge is 2.42. The number of carbonyl (C=O) groups excluding carboxylic acids is 2. The molecule has 8 nitrogen and oxygen atoms in total. The maximum absolute atomic E-state index is 13.2. The third-order valence-electron chi connectivity index (χ3n) is 7.33. The van der Waals surface area contributed by atoms with Crippen molar-refractivity contribution in [3.8, 4) is 5.75 Å². The van der Waals surface area contributed by atoms with E-state index in [0.29, 0.717) is 45.3 Å². The molecule has 3 heterocycles. The Morgan fingerprint density at radius 3 is 2.72 bits per heavy atom. The summed E-state index contributed by atoms with van der Waals surface area (Å²) in [5.74, 6) is 1.69. The normalized spacial score (nSPS) is 25.7. The number of hydrogen-bond donors (Lipinski definition) is 1. The van der Waals surface area contributed by atoms with E-state index in [-0.39, 0.29) is 23.8 Å². The highest BCUT2D eigenvalue weighted by atomic mass is 16.5. The summed E-state index contributed by atoms with van der Waals surface area (Å²) in [6.07, 6.45) is 3.17. The predicted molar refractivity (Wildman–Crippen MR) is 121 cm³/mol. The molecule has 8 heteroatoms. The predicted octanol–water partition coefficient (Wildman–Crippen LogP) is 0.743. The second-order valence-electron chi connectivity index (χ2n) is 9.48. The lowest BCUT2D eigenvalue weighted by Crippen LogP contribution is -2.62. The van der Waals surface area contributed by atoms with E-state index in [1.165, 1.54) is 24.1 Å². The van der Waals surface area contributed by atoms with Gasteiger partial charge in [-0.2, -0.15) is 0 Å². The lowest BCUT2D eigenvalue weighted by atomic mass is 9.83. The van der Waals surface area contributed by atoms with Gasteiger partial charge in [-0.05, 0) is 36.8 Å². The van der Waals surface area contributed by atoms with Gasteiger partial charge in [0.1, 0.15) is 5.75 Å². The number of rotatable bonds is 6. The van der Waals surface area contributed by atoms with Gasteiger partial charge < -0.3 is 24.6 Å². The third kappa shape index (κ3) is 4.57. The molecule has 1 N–H and O–H groups in total. The number of nitrogens with zero attached hydrogens (tertiary/aromatic N) is 3. The van der Waals surface area contributed by atoms with E-state index in [9.17, 15) is 9.59 Å². The number of methoxy groups -OCH3 is 1. The van der Waals surface area contributed by atoms with Crippen molar-refractivity contribution < 1.29 is 19.1 Å². The molecule has 2 atom stereocenters. The molecular formula is C24H34N4O4. The molecule has 5 rings (SSSR count). The average molecular weight is 443 g/mol. The molecule has 0 aromatic heterocycles. The van der Waals surface area contributed by atoms with Crippen molar-refractivity contribution in [3.05, 3.63) is 23.8 Å². The van der Waals surface area contributed by atoms with Gasteiger partial charge in [-0.1, -0.05) is 6.07 Å². The Morgan fingerprint density at radius 1 is 1.16 bits per heavy atom. The number of morpholine rings is 1. The van der Waals surface area contributed by atoms with Gasteiger partial charge in [0.05, 0.1) is 38.8 Å². The molecule has 1 saturated carbocycles. The number of amides is 2. The van der Waals surface area contributed by atoms with Crippen LogP contribution in [0.3, 0.4) is 0 Å². The van der Waals surface area contributed by atoms with E-state index in [1.807, 2.05) is 11.0 Å². The molecule has 3 aliphatic heterocycles. The van der Waals surface area contributed by atoms with Crippen LogP contribution in [0.15, 0.2) is 18.2 Å². The van der Waals surface area contributed by atoms with Crippen LogP contribution in [0.5, 0.6) is 5.75 Å². The molecule has 3 fully saturated rings. The van der Waals surface area contributed by atoms with Crippen LogP contribution in [-0.4, -0.2) is 93.8 Å². The maximum Gasteiger partial charge on any atom is 0.236 e. The highest BCUT2D eigenvalue weighted by molar-refractivity contribution is 5.82. The van der Waals surface area contributed by atoms with Gasteiger partial charge in [0.25, 0.3) is 0 Å². The van der Waals surface area contributed by atoms with E-state index in [1.54, 1.807) is 7.11 Å². The fraction of sp³-hybridized carbons (Fsp3) is 0.667. The Morgan fingerprint density at radius 2 is 1.97 bits per heavy atom. The molecule has 2 saturated heterocycles. The van der Waals surface area contributed by atoms with Crippen LogP contribution in [0.25, 0.3) is 0 Å². The van der Waals surface area contributed by atoms with E-state index >= 15 is 0 Å². The van der Waals surface area contributed by atoms with Gasteiger partial charge in [-0.3, -0.25) is 14.5 Å². The van der Waals surface area contributed by atoms with Gasteiger partial charge >= 0.3 is 0 Å². The molecule has 0 unspecified atom stereocenters. The molecule has 0 radical (unpaired) electrons. The summed E-state index contributed by atoms with van der Waals surface area (Å²) >= 11 is 0. The van der Waals surface area contributed by atoms with Crippen molar-refractivity contribution in [3.63, 3.8) is 0 Å². The van der Waals surface area contributed by atoms with Crippen LogP contribution >= 0.6 is 0 Å². The third-order valence-corrected chi connectivity index (χ3v) is 7.33. The number of hydrogen-bond acceptors (Lipinski definition) is 6. The molecule has 32 heavy (non-hydrogen) atoms. The van der Waals surface area contributed by atoms with Crippen molar-refractivity contribution in [1.82, 2.24) is 15.1 Å². The molecule has 174 valence electrons. The first-order chi connectivity index (χ1) is 15.6. The summed E-state index contributed by atoms with van der Waals surface area (Å²) < 4.78 is 10.8. The molecule has 1 aliphatic carbocycles. The van der Waals surface area contributed by atoms with Crippen molar-refractivity contribution in [2.75, 3.05) is 71.0 Å². The molecule has 2 amide bonds. The van der Waals surface area contributed by atoms with Gasteiger partial charge in [-0.15, -0.1) is 0 Å². The summed E-state index contributed by atoms with van der Waals surface area (Å²) in [6.45, 7) is 6.08. The standard InChI is InChI=1S/C24H34N4O4/c1-31-19-5-4-18-12-20(24(30)25-14-17-2-3-17)22-15-26(6-7-28(22)21(18)13-19)16-23(29)27-8-10-32-11-9-27/h4-5,13,17,20,22H,2-3,6-12,14-16H2,1H3,(H,25,30)/t20-,22+/m0/s1. The lowest BCUT2D eigenvalue weighted by molar-refractivity contribution is -0.136. The van der Waals surface area contributed by atoms with E-state index in [4.69, 9.17) is 9.47 Å². The largest absolute Gasteiger partial charge is 0.497 e. The molecule has 1 aromatic carbocycles. The van der Waals surface area contributed by atoms with Crippen LogP contribution in [0, 0.1) is 11.8 Å². The number of benzene rings is 1. The molecule has 0 spiro atoms. The Bertz CT molecular complexity index is 852. The summed E-state index contributed by atoms with van der Waals surface area (Å²) in [6, 6.07) is 6.23. The number of ether oxygens (including phenoxy) is 2. The summed E-state index contributed by atoms with van der Waals surface area (Å²) in [4.78, 5) is 32.6. The topological polar surface area (TPSA) is 74.3 Å². The Hall–Kier alpha value is -2.32. The first-order valence-corrected chi connectivity index (χ1v) is 11.9. The quantitative estimate of drug-likeness (QED) is 0.701. The monoisotopic (exact) mass is 442 g/mol. The second kappa shape index (κ2) is 9.27. The van der Waals surface area contributed by atoms with Crippen LogP contribution in [-0.2, 0) is 20.7 Å². The van der Waals surface area contributed by atoms with Gasteiger partial charge in [0.2, 0.25) is 11.8 Å². The highest BCUT2D eigenvalue weighted by Crippen LogP contribution is 2.38. The Balaban J connectivity index is 1.32. The number of piperazine rings is 1. The minimum absolute atomic E-state index is 0.0556. The van der Waals surface area contributed by atoms with E-state index in [0.717, 1.165) is 31.8 Å². The van der Waals surface area contributed by atoms with Gasteiger partial charge in [-0.25, -0.2) is 0 Å². The van der Waals surface area contributed by atoms with Crippen molar-refractivity contribution >= 4 is 17.5 Å². The Labute approximate surface area is 189 Å². The average Bonchev–Trinajstić information content (AvgIpc) is 3.66. The summed E-state index contributed by atoms with van der Waals surface area (Å²) in [5, 5.41) is 3.21. The van der Waals surface area contributed by atoms with Crippen LogP contribution < -0.4 is 15.0 Å². The summed E-state index contributed by atoms with van der Waals surface area (Å²) in [5.41, 5.74) is 2.37. The summed E-state index contributed by atoms with van der Waals surface area (Å²) in [7, 11) is 1.69. The number of fused-ring (bicyclic) bond motifs is 3. The molecular weight excluding hydrogens is 408 g/mol. The lowest BCUT2D eigenvalue weighted by Gasteiger charge is -2.49. The van der Waals surface area contributed by atoms with Crippen molar-refractivity contribution in [2.24, 2.45) is 11.8 Å². The van der Waals surface area contributed by atoms with Crippen molar-refractivity contribution in [2.45, 2.75) is 25.3 Å². The minimum Gasteiger partial charge on any atom is -0.497 e. The van der Waals surface area contributed by atoms with Gasteiger partial charge in [0, 0.05) is 51.0 Å². The minimum atomic E-state index is -0.115. The number of nitrogens with one attached hydrogen (secondary N) is 1. The smallest absolute Gasteiger partial charge is 0.236 e. The zero-order valence-corrected chi connectivity index (χ0v) is 18.9. The molecule has 0 bridgehead atoms.